The lowest BCUT2D eigenvalue weighted by Crippen LogP contribution is -2.43. The molecule has 0 bridgehead atoms. The maximum absolute atomic E-state index is 12.4. The molecule has 0 fully saturated rings. The van der Waals surface area contributed by atoms with Crippen molar-refractivity contribution in [1.82, 2.24) is 0 Å². The molecule has 2 N–H and O–H groups in total. The van der Waals surface area contributed by atoms with Crippen molar-refractivity contribution < 1.29 is 4.79 Å². The molecule has 0 aromatic heterocycles. The SMILES string of the molecule is CSCC[C@H](N)C(=O)N1CC(C)c2ccccc21.Cl. The molecule has 1 amide bonds. The first-order valence-electron chi connectivity index (χ1n) is 6.30. The van der Waals surface area contributed by atoms with Crippen LogP contribution in [0.15, 0.2) is 24.3 Å². The Morgan fingerprint density at radius 3 is 2.89 bits per heavy atom. The minimum Gasteiger partial charge on any atom is -0.320 e. The summed E-state index contributed by atoms with van der Waals surface area (Å²) in [7, 11) is 0. The van der Waals surface area contributed by atoms with Crippen molar-refractivity contribution in [3.8, 4) is 0 Å². The van der Waals surface area contributed by atoms with E-state index in [1.807, 2.05) is 29.4 Å². The van der Waals surface area contributed by atoms with E-state index in [1.54, 1.807) is 11.8 Å². The van der Waals surface area contributed by atoms with Crippen molar-refractivity contribution in [3.63, 3.8) is 0 Å². The number of benzene rings is 1. The number of thioether (sulfide) groups is 1. The highest BCUT2D eigenvalue weighted by atomic mass is 35.5. The van der Waals surface area contributed by atoms with Gasteiger partial charge in [0.2, 0.25) is 5.91 Å². The molecule has 2 rings (SSSR count). The van der Waals surface area contributed by atoms with Crippen LogP contribution in [0.3, 0.4) is 0 Å². The summed E-state index contributed by atoms with van der Waals surface area (Å²) in [5.41, 5.74) is 8.27. The number of hydrogen-bond donors (Lipinski definition) is 1. The van der Waals surface area contributed by atoms with Gasteiger partial charge in [-0.15, -0.1) is 12.4 Å². The number of halogens is 1. The number of rotatable bonds is 4. The predicted molar refractivity (Wildman–Crippen MR) is 85.4 cm³/mol. The first kappa shape index (κ1) is 16.3. The Balaban J connectivity index is 0.00000180. The monoisotopic (exact) mass is 300 g/mol. The fourth-order valence-electron chi connectivity index (χ4n) is 2.40. The molecule has 0 spiro atoms. The third kappa shape index (κ3) is 3.44. The third-order valence-corrected chi connectivity index (χ3v) is 4.08. The molecule has 0 saturated heterocycles. The van der Waals surface area contributed by atoms with Crippen LogP contribution >= 0.6 is 24.2 Å². The van der Waals surface area contributed by atoms with Gasteiger partial charge in [-0.2, -0.15) is 11.8 Å². The van der Waals surface area contributed by atoms with Crippen molar-refractivity contribution in [2.24, 2.45) is 5.73 Å². The van der Waals surface area contributed by atoms with Gasteiger partial charge >= 0.3 is 0 Å². The summed E-state index contributed by atoms with van der Waals surface area (Å²) < 4.78 is 0. The van der Waals surface area contributed by atoms with E-state index in [0.29, 0.717) is 5.92 Å². The first-order valence-corrected chi connectivity index (χ1v) is 7.69. The number of carbonyl (C=O) groups excluding carboxylic acids is 1. The second-order valence-corrected chi connectivity index (χ2v) is 5.78. The number of hydrogen-bond acceptors (Lipinski definition) is 3. The number of carbonyl (C=O) groups is 1. The molecule has 1 aliphatic rings. The minimum atomic E-state index is -0.379. The van der Waals surface area contributed by atoms with Crippen LogP contribution in [0.25, 0.3) is 0 Å². The van der Waals surface area contributed by atoms with Gasteiger partial charge < -0.3 is 10.6 Å². The number of para-hydroxylation sites is 1. The topological polar surface area (TPSA) is 46.3 Å². The molecule has 1 aliphatic heterocycles. The predicted octanol–water partition coefficient (Wildman–Crippen LogP) is 2.64. The molecule has 0 aliphatic carbocycles. The lowest BCUT2D eigenvalue weighted by Gasteiger charge is -2.21. The molecule has 3 nitrogen and oxygen atoms in total. The normalized spacial score (nSPS) is 18.7. The van der Waals surface area contributed by atoms with Gasteiger partial charge in [-0.05, 0) is 30.1 Å². The van der Waals surface area contributed by atoms with Gasteiger partial charge in [0.15, 0.2) is 0 Å². The zero-order chi connectivity index (χ0) is 13.1. The van der Waals surface area contributed by atoms with Crippen molar-refractivity contribution in [2.75, 3.05) is 23.5 Å². The summed E-state index contributed by atoms with van der Waals surface area (Å²) >= 11 is 1.73. The van der Waals surface area contributed by atoms with Gasteiger partial charge in [0, 0.05) is 18.2 Å². The van der Waals surface area contributed by atoms with E-state index in [9.17, 15) is 4.79 Å². The molecular weight excluding hydrogens is 280 g/mol. The van der Waals surface area contributed by atoms with Crippen molar-refractivity contribution in [3.05, 3.63) is 29.8 Å². The summed E-state index contributed by atoms with van der Waals surface area (Å²) in [4.78, 5) is 14.2. The quantitative estimate of drug-likeness (QED) is 0.930. The summed E-state index contributed by atoms with van der Waals surface area (Å²) in [6, 6.07) is 7.73. The molecule has 1 aromatic carbocycles. The maximum atomic E-state index is 12.4. The third-order valence-electron chi connectivity index (χ3n) is 3.43. The highest BCUT2D eigenvalue weighted by molar-refractivity contribution is 7.98. The molecule has 1 unspecified atom stereocenters. The number of anilines is 1. The van der Waals surface area contributed by atoms with E-state index < -0.39 is 0 Å². The Hall–Kier alpha value is -0.710. The van der Waals surface area contributed by atoms with E-state index >= 15 is 0 Å². The zero-order valence-electron chi connectivity index (χ0n) is 11.3. The van der Waals surface area contributed by atoms with Crippen molar-refractivity contribution in [2.45, 2.75) is 25.3 Å². The molecule has 19 heavy (non-hydrogen) atoms. The van der Waals surface area contributed by atoms with Crippen LogP contribution in [0.4, 0.5) is 5.69 Å². The maximum Gasteiger partial charge on any atom is 0.243 e. The Bertz CT molecular complexity index is 441. The van der Waals surface area contributed by atoms with Crippen LogP contribution in [0.2, 0.25) is 0 Å². The highest BCUT2D eigenvalue weighted by Gasteiger charge is 2.31. The zero-order valence-corrected chi connectivity index (χ0v) is 13.0. The van der Waals surface area contributed by atoms with Crippen molar-refractivity contribution >= 4 is 35.8 Å². The molecule has 0 radical (unpaired) electrons. The fourth-order valence-corrected chi connectivity index (χ4v) is 2.89. The smallest absolute Gasteiger partial charge is 0.243 e. The molecule has 1 heterocycles. The molecule has 0 saturated carbocycles. The van der Waals surface area contributed by atoms with Gasteiger partial charge in [0.25, 0.3) is 0 Å². The van der Waals surface area contributed by atoms with Gasteiger partial charge in [-0.3, -0.25) is 4.79 Å². The molecule has 1 aromatic rings. The van der Waals surface area contributed by atoms with Crippen LogP contribution in [0.1, 0.15) is 24.8 Å². The largest absolute Gasteiger partial charge is 0.320 e. The Morgan fingerprint density at radius 1 is 1.53 bits per heavy atom. The average molecular weight is 301 g/mol. The Morgan fingerprint density at radius 2 is 2.21 bits per heavy atom. The summed E-state index contributed by atoms with van der Waals surface area (Å²) in [5, 5.41) is 0. The second-order valence-electron chi connectivity index (χ2n) is 4.80. The molecule has 5 heteroatoms. The standard InChI is InChI=1S/C14H20N2OS.ClH/c1-10-9-16(13-6-4-3-5-11(10)13)14(17)12(15)7-8-18-2;/h3-6,10,12H,7-9,15H2,1-2H3;1H/t10?,12-;/m0./s1. The van der Waals surface area contributed by atoms with Crippen LogP contribution in [-0.2, 0) is 4.79 Å². The number of nitrogens with two attached hydrogens (primary N) is 1. The van der Waals surface area contributed by atoms with E-state index in [-0.39, 0.29) is 24.4 Å². The summed E-state index contributed by atoms with van der Waals surface area (Å²) in [5.74, 6) is 1.39. The minimum absolute atomic E-state index is 0. The van der Waals surface area contributed by atoms with Crippen LogP contribution in [-0.4, -0.2) is 30.5 Å². The fraction of sp³-hybridized carbons (Fsp3) is 0.500. The van der Waals surface area contributed by atoms with E-state index in [2.05, 4.69) is 13.0 Å². The Kier molecular flexibility index (Phi) is 6.17. The molecule has 2 atom stereocenters. The van der Waals surface area contributed by atoms with Gasteiger partial charge in [0.05, 0.1) is 6.04 Å². The molecular formula is C14H21ClN2OS. The van der Waals surface area contributed by atoms with Crippen LogP contribution < -0.4 is 10.6 Å². The first-order chi connectivity index (χ1) is 8.65. The van der Waals surface area contributed by atoms with Gasteiger partial charge in [0.1, 0.15) is 0 Å². The van der Waals surface area contributed by atoms with Gasteiger partial charge in [-0.25, -0.2) is 0 Å². The summed E-state index contributed by atoms with van der Waals surface area (Å²) in [6.07, 6.45) is 2.78. The number of nitrogens with zero attached hydrogens (tertiary/aromatic N) is 1. The summed E-state index contributed by atoms with van der Waals surface area (Å²) in [6.45, 7) is 2.91. The number of fused-ring (bicyclic) bond motifs is 1. The van der Waals surface area contributed by atoms with E-state index in [0.717, 1.165) is 24.4 Å². The molecule has 106 valence electrons. The average Bonchev–Trinajstić information content (AvgIpc) is 2.73. The highest BCUT2D eigenvalue weighted by Crippen LogP contribution is 2.35. The second kappa shape index (κ2) is 7.17. The van der Waals surface area contributed by atoms with Gasteiger partial charge in [-0.1, -0.05) is 25.1 Å². The lowest BCUT2D eigenvalue weighted by molar-refractivity contribution is -0.119. The van der Waals surface area contributed by atoms with Crippen LogP contribution in [0, 0.1) is 0 Å². The lowest BCUT2D eigenvalue weighted by atomic mass is 10.0. The van der Waals surface area contributed by atoms with Crippen LogP contribution in [0.5, 0.6) is 0 Å². The Labute approximate surface area is 125 Å². The van der Waals surface area contributed by atoms with E-state index in [4.69, 9.17) is 5.73 Å². The van der Waals surface area contributed by atoms with E-state index in [1.165, 1.54) is 5.56 Å². The van der Waals surface area contributed by atoms with Crippen molar-refractivity contribution in [1.29, 1.82) is 0 Å². The number of amides is 1.